The number of aliphatic hydroxyl groups is 1. The fourth-order valence-electron chi connectivity index (χ4n) is 3.63. The molecule has 1 fully saturated rings. The van der Waals surface area contributed by atoms with Gasteiger partial charge in [0.1, 0.15) is 11.3 Å². The Hall–Kier alpha value is -2.43. The van der Waals surface area contributed by atoms with Gasteiger partial charge in [-0.15, -0.1) is 0 Å². The molecule has 2 atom stereocenters. The first-order valence-electron chi connectivity index (χ1n) is 8.83. The Morgan fingerprint density at radius 3 is 2.64 bits per heavy atom. The molecule has 1 aliphatic rings. The molecule has 0 bridgehead atoms. The molecule has 25 heavy (non-hydrogen) atoms. The summed E-state index contributed by atoms with van der Waals surface area (Å²) in [6.07, 6.45) is 2.59. The molecule has 0 saturated carbocycles. The summed E-state index contributed by atoms with van der Waals surface area (Å²) >= 11 is 0. The van der Waals surface area contributed by atoms with Gasteiger partial charge in [0, 0.05) is 17.0 Å². The van der Waals surface area contributed by atoms with Gasteiger partial charge in [-0.1, -0.05) is 48.9 Å². The number of aromatic nitrogens is 1. The van der Waals surface area contributed by atoms with E-state index in [2.05, 4.69) is 10.3 Å². The van der Waals surface area contributed by atoms with Crippen molar-refractivity contribution in [2.45, 2.75) is 31.4 Å². The van der Waals surface area contributed by atoms with Crippen molar-refractivity contribution in [3.8, 4) is 17.0 Å². The number of fused-ring (bicyclic) bond motifs is 1. The lowest BCUT2D eigenvalue weighted by Gasteiger charge is -2.29. The van der Waals surface area contributed by atoms with Gasteiger partial charge >= 0.3 is 0 Å². The van der Waals surface area contributed by atoms with Gasteiger partial charge in [0.15, 0.2) is 0 Å². The van der Waals surface area contributed by atoms with Crippen LogP contribution < -0.4 is 5.32 Å². The molecule has 4 rings (SSSR count). The summed E-state index contributed by atoms with van der Waals surface area (Å²) in [5.74, 6) is 0.139. The van der Waals surface area contributed by atoms with E-state index in [-0.39, 0.29) is 11.8 Å². The molecular weight excluding hydrogens is 312 g/mol. The van der Waals surface area contributed by atoms with Crippen molar-refractivity contribution >= 4 is 10.9 Å². The third-order valence-electron chi connectivity index (χ3n) is 4.97. The van der Waals surface area contributed by atoms with E-state index in [1.807, 2.05) is 42.5 Å². The second-order valence-electron chi connectivity index (χ2n) is 6.64. The Kier molecular flexibility index (Phi) is 4.38. The highest BCUT2D eigenvalue weighted by Crippen LogP contribution is 2.34. The van der Waals surface area contributed by atoms with Crippen LogP contribution in [0.5, 0.6) is 5.75 Å². The smallest absolute Gasteiger partial charge is 0.141 e. The fraction of sp³-hybridized carbons (Fsp3) is 0.286. The highest BCUT2D eigenvalue weighted by atomic mass is 16.3. The van der Waals surface area contributed by atoms with E-state index in [0.29, 0.717) is 5.52 Å². The number of pyridine rings is 1. The van der Waals surface area contributed by atoms with E-state index in [1.54, 1.807) is 12.1 Å². The van der Waals surface area contributed by atoms with E-state index >= 15 is 0 Å². The second-order valence-corrected chi connectivity index (χ2v) is 6.64. The number of phenols is 1. The summed E-state index contributed by atoms with van der Waals surface area (Å²) < 4.78 is 0. The molecule has 0 amide bonds. The number of nitrogens with one attached hydrogen (secondary N) is 1. The number of piperidine rings is 1. The van der Waals surface area contributed by atoms with Crippen molar-refractivity contribution in [1.29, 1.82) is 0 Å². The molecule has 2 unspecified atom stereocenters. The number of nitrogens with zero attached hydrogens (tertiary/aromatic N) is 1. The maximum absolute atomic E-state index is 11.0. The Labute approximate surface area is 147 Å². The van der Waals surface area contributed by atoms with E-state index < -0.39 is 6.10 Å². The van der Waals surface area contributed by atoms with Gasteiger partial charge in [-0.25, -0.2) is 4.98 Å². The number of rotatable bonds is 3. The van der Waals surface area contributed by atoms with E-state index in [4.69, 9.17) is 0 Å². The first-order chi connectivity index (χ1) is 12.2. The van der Waals surface area contributed by atoms with Crippen molar-refractivity contribution in [2.24, 2.45) is 0 Å². The first-order valence-corrected chi connectivity index (χ1v) is 8.83. The van der Waals surface area contributed by atoms with E-state index in [1.165, 1.54) is 0 Å². The van der Waals surface area contributed by atoms with Crippen LogP contribution in [0.25, 0.3) is 22.2 Å². The molecule has 1 saturated heterocycles. The zero-order chi connectivity index (χ0) is 17.2. The molecule has 3 aromatic rings. The summed E-state index contributed by atoms with van der Waals surface area (Å²) in [5, 5.41) is 25.6. The number of phenolic OH excluding ortho intramolecular Hbond substituents is 1. The highest BCUT2D eigenvalue weighted by Gasteiger charge is 2.25. The van der Waals surface area contributed by atoms with Crippen LogP contribution in [0.4, 0.5) is 0 Å². The van der Waals surface area contributed by atoms with Crippen molar-refractivity contribution in [3.05, 3.63) is 60.2 Å². The third kappa shape index (κ3) is 3.11. The molecule has 4 nitrogen and oxygen atoms in total. The van der Waals surface area contributed by atoms with Crippen molar-refractivity contribution < 1.29 is 10.2 Å². The molecule has 1 aliphatic heterocycles. The van der Waals surface area contributed by atoms with E-state index in [9.17, 15) is 10.2 Å². The van der Waals surface area contributed by atoms with Crippen LogP contribution in [0, 0.1) is 0 Å². The monoisotopic (exact) mass is 334 g/mol. The van der Waals surface area contributed by atoms with Crippen molar-refractivity contribution in [1.82, 2.24) is 10.3 Å². The predicted molar refractivity (Wildman–Crippen MR) is 99.4 cm³/mol. The summed E-state index contributed by atoms with van der Waals surface area (Å²) in [5.41, 5.74) is 3.09. The summed E-state index contributed by atoms with van der Waals surface area (Å²) in [7, 11) is 0. The molecule has 3 N–H and O–H groups in total. The lowest BCUT2D eigenvalue weighted by molar-refractivity contribution is 0.115. The van der Waals surface area contributed by atoms with Crippen molar-refractivity contribution in [2.75, 3.05) is 6.54 Å². The van der Waals surface area contributed by atoms with Crippen LogP contribution in [-0.4, -0.2) is 27.8 Å². The Morgan fingerprint density at radius 2 is 1.88 bits per heavy atom. The number of aliphatic hydroxyl groups excluding tert-OH is 1. The van der Waals surface area contributed by atoms with Crippen LogP contribution in [-0.2, 0) is 0 Å². The molecule has 2 heterocycles. The van der Waals surface area contributed by atoms with Gasteiger partial charge in [0.25, 0.3) is 0 Å². The average Bonchev–Trinajstić information content (AvgIpc) is 2.68. The number of hydrogen-bond donors (Lipinski definition) is 3. The standard InChI is InChI=1S/C21H22N2O2/c24-19-11-6-9-15-16(21(25)17-10-4-5-12-22-17)13-18(23-20(15)19)14-7-2-1-3-8-14/h1-3,6-9,11,13,17,21-22,24-25H,4-5,10,12H2. The molecule has 0 radical (unpaired) electrons. The number of aromatic hydroxyl groups is 1. The quantitative estimate of drug-likeness (QED) is 0.682. The Bertz CT molecular complexity index is 874. The van der Waals surface area contributed by atoms with Crippen LogP contribution in [0.2, 0.25) is 0 Å². The molecule has 0 spiro atoms. The lowest BCUT2D eigenvalue weighted by atomic mass is 9.91. The Morgan fingerprint density at radius 1 is 1.04 bits per heavy atom. The van der Waals surface area contributed by atoms with Crippen LogP contribution >= 0.6 is 0 Å². The molecule has 0 aliphatic carbocycles. The SMILES string of the molecule is Oc1cccc2c(C(O)C3CCCCN3)cc(-c3ccccc3)nc12. The zero-order valence-electron chi connectivity index (χ0n) is 14.0. The van der Waals surface area contributed by atoms with Crippen LogP contribution in [0.15, 0.2) is 54.6 Å². The molecule has 2 aromatic carbocycles. The zero-order valence-corrected chi connectivity index (χ0v) is 14.0. The largest absolute Gasteiger partial charge is 0.506 e. The first kappa shape index (κ1) is 16.1. The number of benzene rings is 2. The minimum Gasteiger partial charge on any atom is -0.506 e. The van der Waals surface area contributed by atoms with Gasteiger partial charge < -0.3 is 15.5 Å². The summed E-state index contributed by atoms with van der Waals surface area (Å²) in [6, 6.07) is 17.2. The van der Waals surface area contributed by atoms with Gasteiger partial charge in [-0.3, -0.25) is 0 Å². The minimum absolute atomic E-state index is 0.0327. The van der Waals surface area contributed by atoms with Crippen molar-refractivity contribution in [3.63, 3.8) is 0 Å². The highest BCUT2D eigenvalue weighted by molar-refractivity contribution is 5.89. The van der Waals surface area contributed by atoms with Gasteiger partial charge in [0.05, 0.1) is 11.8 Å². The summed E-state index contributed by atoms with van der Waals surface area (Å²) in [6.45, 7) is 0.932. The fourth-order valence-corrected chi connectivity index (χ4v) is 3.63. The van der Waals surface area contributed by atoms with Gasteiger partial charge in [0.2, 0.25) is 0 Å². The maximum Gasteiger partial charge on any atom is 0.141 e. The molecule has 1 aromatic heterocycles. The van der Waals surface area contributed by atoms with Crippen LogP contribution in [0.1, 0.15) is 30.9 Å². The molecule has 128 valence electrons. The normalized spacial score (nSPS) is 19.0. The average molecular weight is 334 g/mol. The lowest BCUT2D eigenvalue weighted by Crippen LogP contribution is -2.38. The number of hydrogen-bond acceptors (Lipinski definition) is 4. The summed E-state index contributed by atoms with van der Waals surface area (Å²) in [4.78, 5) is 4.65. The number of para-hydroxylation sites is 1. The minimum atomic E-state index is -0.630. The van der Waals surface area contributed by atoms with Gasteiger partial charge in [-0.05, 0) is 37.1 Å². The Balaban J connectivity index is 1.87. The molecule has 4 heteroatoms. The third-order valence-corrected chi connectivity index (χ3v) is 4.97. The maximum atomic E-state index is 11.0. The second kappa shape index (κ2) is 6.82. The van der Waals surface area contributed by atoms with Gasteiger partial charge in [-0.2, -0.15) is 0 Å². The van der Waals surface area contributed by atoms with E-state index in [0.717, 1.165) is 48.0 Å². The van der Waals surface area contributed by atoms with Crippen LogP contribution in [0.3, 0.4) is 0 Å². The topological polar surface area (TPSA) is 65.4 Å². The molecular formula is C21H22N2O2. The predicted octanol–water partition coefficient (Wildman–Crippen LogP) is 3.78.